The van der Waals surface area contributed by atoms with Crippen molar-refractivity contribution in [2.45, 2.75) is 0 Å². The number of hydrogen-bond acceptors (Lipinski definition) is 7. The summed E-state index contributed by atoms with van der Waals surface area (Å²) in [5.41, 5.74) is 0.743. The van der Waals surface area contributed by atoms with E-state index in [0.29, 0.717) is 64.6 Å². The van der Waals surface area contributed by atoms with Crippen molar-refractivity contribution in [1.82, 2.24) is 14.7 Å². The van der Waals surface area contributed by atoms with Gasteiger partial charge in [-0.2, -0.15) is 0 Å². The fourth-order valence-corrected chi connectivity index (χ4v) is 4.73. The Hall–Kier alpha value is -2.98. The number of benzene rings is 1. The van der Waals surface area contributed by atoms with E-state index in [2.05, 4.69) is 4.90 Å². The van der Waals surface area contributed by atoms with Crippen LogP contribution in [-0.2, 0) is 4.79 Å². The van der Waals surface area contributed by atoms with E-state index >= 15 is 0 Å². The Morgan fingerprint density at radius 3 is 2.23 bits per heavy atom. The van der Waals surface area contributed by atoms with Crippen molar-refractivity contribution in [3.8, 4) is 0 Å². The number of hydrogen-bond donors (Lipinski definition) is 0. The van der Waals surface area contributed by atoms with Crippen molar-refractivity contribution in [2.24, 2.45) is 0 Å². The minimum absolute atomic E-state index is 0.0354. The second kappa shape index (κ2) is 9.44. The molecule has 0 unspecified atom stereocenters. The van der Waals surface area contributed by atoms with Crippen LogP contribution in [0.4, 0.5) is 11.4 Å². The van der Waals surface area contributed by atoms with Gasteiger partial charge in [0.05, 0.1) is 16.3 Å². The molecular weight excluding hydrogens is 418 g/mol. The largest absolute Gasteiger partial charge is 0.363 e. The third-order valence-electron chi connectivity index (χ3n) is 5.80. The van der Waals surface area contributed by atoms with E-state index in [1.54, 1.807) is 23.1 Å². The average molecular weight is 444 g/mol. The normalized spacial score (nSPS) is 17.6. The number of piperazine rings is 2. The Labute approximate surface area is 184 Å². The van der Waals surface area contributed by atoms with Crippen LogP contribution in [0.3, 0.4) is 0 Å². The van der Waals surface area contributed by atoms with Crippen LogP contribution in [0.1, 0.15) is 9.67 Å². The van der Waals surface area contributed by atoms with Gasteiger partial charge >= 0.3 is 0 Å². The molecule has 2 aromatic rings. The molecule has 31 heavy (non-hydrogen) atoms. The Morgan fingerprint density at radius 2 is 1.58 bits per heavy atom. The Kier molecular flexibility index (Phi) is 6.47. The van der Waals surface area contributed by atoms with Crippen LogP contribution >= 0.6 is 11.3 Å². The molecule has 0 saturated carbocycles. The minimum atomic E-state index is -0.353. The highest BCUT2D eigenvalue weighted by molar-refractivity contribution is 7.12. The first-order chi connectivity index (χ1) is 15.0. The van der Waals surface area contributed by atoms with Crippen LogP contribution in [-0.4, -0.2) is 90.3 Å². The lowest BCUT2D eigenvalue weighted by Crippen LogP contribution is -2.54. The third kappa shape index (κ3) is 4.86. The van der Waals surface area contributed by atoms with Gasteiger partial charge in [0, 0.05) is 58.4 Å². The zero-order valence-electron chi connectivity index (χ0n) is 17.2. The van der Waals surface area contributed by atoms with E-state index in [-0.39, 0.29) is 22.4 Å². The van der Waals surface area contributed by atoms with Crippen LogP contribution in [0.25, 0.3) is 0 Å². The van der Waals surface area contributed by atoms with Gasteiger partial charge in [0.15, 0.2) is 0 Å². The van der Waals surface area contributed by atoms with Gasteiger partial charge in [0.2, 0.25) is 5.91 Å². The highest BCUT2D eigenvalue weighted by Crippen LogP contribution is 2.28. The molecule has 2 fully saturated rings. The van der Waals surface area contributed by atoms with Crippen molar-refractivity contribution in [2.75, 3.05) is 63.8 Å². The number of rotatable bonds is 5. The Morgan fingerprint density at radius 1 is 0.903 bits per heavy atom. The first kappa shape index (κ1) is 21.3. The summed E-state index contributed by atoms with van der Waals surface area (Å²) in [5.74, 6) is 0.107. The van der Waals surface area contributed by atoms with Crippen LogP contribution in [0.5, 0.6) is 0 Å². The van der Waals surface area contributed by atoms with Gasteiger partial charge in [-0.15, -0.1) is 11.3 Å². The number of nitrogens with zero attached hydrogens (tertiary/aromatic N) is 5. The molecule has 2 amide bonds. The molecule has 0 radical (unpaired) electrons. The molecule has 2 aliphatic rings. The summed E-state index contributed by atoms with van der Waals surface area (Å²) in [4.78, 5) is 44.6. The molecule has 164 valence electrons. The van der Waals surface area contributed by atoms with Gasteiger partial charge in [-0.1, -0.05) is 18.2 Å². The van der Waals surface area contributed by atoms with Crippen molar-refractivity contribution < 1.29 is 14.5 Å². The van der Waals surface area contributed by atoms with E-state index < -0.39 is 0 Å². The van der Waals surface area contributed by atoms with E-state index in [0.717, 1.165) is 4.88 Å². The van der Waals surface area contributed by atoms with Gasteiger partial charge in [0.25, 0.3) is 11.6 Å². The summed E-state index contributed by atoms with van der Waals surface area (Å²) < 4.78 is 0. The highest BCUT2D eigenvalue weighted by atomic mass is 32.1. The first-order valence-electron chi connectivity index (χ1n) is 10.3. The maximum absolute atomic E-state index is 12.7. The molecule has 10 heteroatoms. The molecule has 2 saturated heterocycles. The predicted molar refractivity (Wildman–Crippen MR) is 119 cm³/mol. The predicted octanol–water partition coefficient (Wildman–Crippen LogP) is 1.76. The molecular formula is C21H25N5O4S. The van der Waals surface area contributed by atoms with Crippen molar-refractivity contribution in [1.29, 1.82) is 0 Å². The Bertz CT molecular complexity index is 935. The molecule has 1 aromatic carbocycles. The van der Waals surface area contributed by atoms with Gasteiger partial charge in [-0.3, -0.25) is 24.6 Å². The van der Waals surface area contributed by atoms with E-state index in [9.17, 15) is 19.7 Å². The highest BCUT2D eigenvalue weighted by Gasteiger charge is 2.28. The SMILES string of the molecule is O=C(CN1CCN(c2ccccc2[N+](=O)[O-])CC1)N1CCN(C(=O)c2cccs2)CC1. The van der Waals surface area contributed by atoms with Crippen molar-refractivity contribution >= 4 is 34.5 Å². The van der Waals surface area contributed by atoms with Crippen molar-refractivity contribution in [3.63, 3.8) is 0 Å². The number of thiophene rings is 1. The maximum Gasteiger partial charge on any atom is 0.292 e. The van der Waals surface area contributed by atoms with Crippen LogP contribution < -0.4 is 4.90 Å². The molecule has 2 aliphatic heterocycles. The second-order valence-corrected chi connectivity index (χ2v) is 8.61. The van der Waals surface area contributed by atoms with E-state index in [1.165, 1.54) is 17.4 Å². The molecule has 4 rings (SSSR count). The topological polar surface area (TPSA) is 90.2 Å². The number of carbonyl (C=O) groups excluding carboxylic acids is 2. The van der Waals surface area contributed by atoms with Crippen LogP contribution in [0.2, 0.25) is 0 Å². The van der Waals surface area contributed by atoms with Gasteiger partial charge in [0.1, 0.15) is 5.69 Å². The number of nitro benzene ring substituents is 1. The fourth-order valence-electron chi connectivity index (χ4n) is 4.04. The molecule has 1 aromatic heterocycles. The molecule has 0 bridgehead atoms. The summed E-state index contributed by atoms with van der Waals surface area (Å²) in [5, 5.41) is 13.2. The van der Waals surface area contributed by atoms with E-state index in [4.69, 9.17) is 0 Å². The standard InChI is InChI=1S/C21H25N5O4S/c27-20(24-11-13-25(14-12-24)21(28)19-6-3-15-31-19)16-22-7-9-23(10-8-22)17-4-1-2-5-18(17)26(29)30/h1-6,15H,7-14,16H2. The number of carbonyl (C=O) groups is 2. The number of amides is 2. The minimum Gasteiger partial charge on any atom is -0.363 e. The summed E-state index contributed by atoms with van der Waals surface area (Å²) >= 11 is 1.44. The molecule has 0 N–H and O–H groups in total. The first-order valence-corrected chi connectivity index (χ1v) is 11.2. The number of para-hydroxylation sites is 2. The molecule has 9 nitrogen and oxygen atoms in total. The monoisotopic (exact) mass is 443 g/mol. The van der Waals surface area contributed by atoms with Crippen LogP contribution in [0, 0.1) is 10.1 Å². The quantitative estimate of drug-likeness (QED) is 0.517. The summed E-state index contributed by atoms with van der Waals surface area (Å²) in [6.07, 6.45) is 0. The lowest BCUT2D eigenvalue weighted by atomic mass is 10.2. The Balaban J connectivity index is 1.25. The molecule has 0 atom stereocenters. The van der Waals surface area contributed by atoms with Crippen molar-refractivity contribution in [3.05, 3.63) is 56.8 Å². The zero-order chi connectivity index (χ0) is 21.8. The van der Waals surface area contributed by atoms with Crippen LogP contribution in [0.15, 0.2) is 41.8 Å². The summed E-state index contributed by atoms with van der Waals surface area (Å²) in [7, 11) is 0. The molecule has 0 aliphatic carbocycles. The average Bonchev–Trinajstić information content (AvgIpc) is 3.34. The maximum atomic E-state index is 12.7. The molecule has 3 heterocycles. The lowest BCUT2D eigenvalue weighted by molar-refractivity contribution is -0.384. The number of nitro groups is 1. The summed E-state index contributed by atoms with van der Waals surface area (Å²) in [6, 6.07) is 10.5. The fraction of sp³-hybridized carbons (Fsp3) is 0.429. The second-order valence-electron chi connectivity index (χ2n) is 7.66. The van der Waals surface area contributed by atoms with Gasteiger partial charge < -0.3 is 14.7 Å². The summed E-state index contributed by atoms with van der Waals surface area (Å²) in [6.45, 7) is 5.16. The van der Waals surface area contributed by atoms with E-state index in [1.807, 2.05) is 27.3 Å². The lowest BCUT2D eigenvalue weighted by Gasteiger charge is -2.38. The third-order valence-corrected chi connectivity index (χ3v) is 6.66. The molecule has 0 spiro atoms. The van der Waals surface area contributed by atoms with Gasteiger partial charge in [-0.05, 0) is 17.5 Å². The number of anilines is 1. The van der Waals surface area contributed by atoms with Gasteiger partial charge in [-0.25, -0.2) is 0 Å². The smallest absolute Gasteiger partial charge is 0.292 e. The zero-order valence-corrected chi connectivity index (χ0v) is 18.0.